The summed E-state index contributed by atoms with van der Waals surface area (Å²) in [6.07, 6.45) is 0. The molecule has 2 aromatic rings. The van der Waals surface area contributed by atoms with Crippen LogP contribution in [0.15, 0.2) is 47.4 Å². The third-order valence-corrected chi connectivity index (χ3v) is 8.59. The van der Waals surface area contributed by atoms with Gasteiger partial charge in [0.1, 0.15) is 0 Å². The van der Waals surface area contributed by atoms with E-state index in [-0.39, 0.29) is 28.2 Å². The maximum absolute atomic E-state index is 13.1. The van der Waals surface area contributed by atoms with Crippen molar-refractivity contribution in [3.05, 3.63) is 53.6 Å². The van der Waals surface area contributed by atoms with Crippen LogP contribution < -0.4 is 9.03 Å². The highest BCUT2D eigenvalue weighted by atomic mass is 32.2. The van der Waals surface area contributed by atoms with Crippen LogP contribution in [0.5, 0.6) is 0 Å². The highest BCUT2D eigenvalue weighted by molar-refractivity contribution is 7.94. The van der Waals surface area contributed by atoms with Crippen LogP contribution >= 0.6 is 0 Å². The van der Waals surface area contributed by atoms with Gasteiger partial charge in [-0.1, -0.05) is 52.8 Å². The summed E-state index contributed by atoms with van der Waals surface area (Å²) in [4.78, 5) is 12.3. The Morgan fingerprint density at radius 1 is 0.968 bits per heavy atom. The number of hydrogen-bond acceptors (Lipinski definition) is 5. The van der Waals surface area contributed by atoms with E-state index in [0.717, 1.165) is 15.4 Å². The van der Waals surface area contributed by atoms with Gasteiger partial charge in [0.25, 0.3) is 10.0 Å². The van der Waals surface area contributed by atoms with Gasteiger partial charge < -0.3 is 0 Å². The molecule has 1 aliphatic heterocycles. The third kappa shape index (κ3) is 4.48. The van der Waals surface area contributed by atoms with Crippen LogP contribution in [-0.4, -0.2) is 28.5 Å². The first kappa shape index (κ1) is 23.3. The summed E-state index contributed by atoms with van der Waals surface area (Å²) in [6.45, 7) is 9.56. The summed E-state index contributed by atoms with van der Waals surface area (Å²) < 4.78 is 54.3. The van der Waals surface area contributed by atoms with Crippen LogP contribution in [-0.2, 0) is 24.8 Å². The number of sulfonamides is 2. The van der Waals surface area contributed by atoms with Crippen LogP contribution in [0.4, 0.5) is 11.4 Å². The fourth-order valence-electron chi connectivity index (χ4n) is 3.71. The van der Waals surface area contributed by atoms with Gasteiger partial charge in [-0.25, -0.2) is 21.1 Å². The molecule has 168 valence electrons. The second-order valence-corrected chi connectivity index (χ2v) is 12.0. The zero-order valence-electron chi connectivity index (χ0n) is 18.3. The number of anilines is 2. The lowest BCUT2D eigenvalue weighted by Crippen LogP contribution is -2.30. The topological polar surface area (TPSA) is 101 Å². The number of nitrogens with zero attached hydrogens (tertiary/aromatic N) is 1. The van der Waals surface area contributed by atoms with E-state index >= 15 is 0 Å². The van der Waals surface area contributed by atoms with Crippen molar-refractivity contribution in [3.8, 4) is 0 Å². The van der Waals surface area contributed by atoms with Crippen molar-refractivity contribution < 1.29 is 21.6 Å². The Bertz CT molecular complexity index is 1170. The molecule has 0 aliphatic carbocycles. The predicted octanol–water partition coefficient (Wildman–Crippen LogP) is 4.05. The second kappa shape index (κ2) is 8.27. The van der Waals surface area contributed by atoms with Crippen LogP contribution in [0.3, 0.4) is 0 Å². The van der Waals surface area contributed by atoms with E-state index in [1.165, 1.54) is 24.3 Å². The van der Waals surface area contributed by atoms with Gasteiger partial charge in [-0.2, -0.15) is 0 Å². The molecular weight excluding hydrogens is 436 g/mol. The molecule has 1 aliphatic rings. The van der Waals surface area contributed by atoms with Crippen LogP contribution in [0.1, 0.15) is 57.6 Å². The Hall–Kier alpha value is -2.39. The van der Waals surface area contributed by atoms with E-state index in [4.69, 9.17) is 0 Å². The molecule has 7 nitrogen and oxygen atoms in total. The molecule has 3 rings (SSSR count). The van der Waals surface area contributed by atoms with Gasteiger partial charge >= 0.3 is 0 Å². The maximum atomic E-state index is 13.1. The van der Waals surface area contributed by atoms with Crippen molar-refractivity contribution >= 4 is 37.3 Å². The van der Waals surface area contributed by atoms with E-state index in [1.54, 1.807) is 6.92 Å². The third-order valence-electron chi connectivity index (χ3n) is 5.35. The molecule has 0 saturated carbocycles. The fourth-order valence-corrected chi connectivity index (χ4v) is 6.65. The summed E-state index contributed by atoms with van der Waals surface area (Å²) in [5.74, 6) is -1.16. The Balaban J connectivity index is 1.97. The van der Waals surface area contributed by atoms with Crippen LogP contribution in [0.2, 0.25) is 0 Å². The van der Waals surface area contributed by atoms with Crippen molar-refractivity contribution in [2.24, 2.45) is 5.92 Å². The van der Waals surface area contributed by atoms with Crippen LogP contribution in [0.25, 0.3) is 0 Å². The summed E-state index contributed by atoms with van der Waals surface area (Å²) in [7, 11) is -7.67. The summed E-state index contributed by atoms with van der Waals surface area (Å²) in [6, 6.07) is 11.1. The van der Waals surface area contributed by atoms with Crippen molar-refractivity contribution in [1.29, 1.82) is 0 Å². The monoisotopic (exact) mass is 464 g/mol. The zero-order chi connectivity index (χ0) is 23.1. The first-order valence-electron chi connectivity index (χ1n) is 10.2. The molecule has 0 bridgehead atoms. The quantitative estimate of drug-likeness (QED) is 0.695. The second-order valence-electron chi connectivity index (χ2n) is 8.50. The molecule has 0 spiro atoms. The number of hydrogen-bond donors (Lipinski definition) is 1. The minimum atomic E-state index is -3.92. The minimum Gasteiger partial charge on any atom is -0.279 e. The predicted molar refractivity (Wildman–Crippen MR) is 122 cm³/mol. The molecule has 1 N–H and O–H groups in total. The van der Waals surface area contributed by atoms with Crippen LogP contribution in [0, 0.1) is 5.92 Å². The van der Waals surface area contributed by atoms with Crippen molar-refractivity contribution in [3.63, 3.8) is 0 Å². The maximum Gasteiger partial charge on any atom is 0.261 e. The molecule has 1 unspecified atom stereocenters. The zero-order valence-corrected chi connectivity index (χ0v) is 19.9. The molecule has 9 heteroatoms. The SMILES string of the molecule is CC1CS(=O)(=O)N(c2ccc(S(=O)(=O)Nc3c(C(C)C)cccc3C(C)C)cc2)C1=O. The number of carbonyl (C=O) groups excluding carboxylic acids is 1. The molecule has 1 heterocycles. The molecule has 0 radical (unpaired) electrons. The van der Waals surface area contributed by atoms with Gasteiger partial charge in [0.05, 0.1) is 27.9 Å². The van der Waals surface area contributed by atoms with E-state index in [2.05, 4.69) is 4.72 Å². The number of benzene rings is 2. The summed E-state index contributed by atoms with van der Waals surface area (Å²) in [5.41, 5.74) is 2.50. The highest BCUT2D eigenvalue weighted by Gasteiger charge is 2.42. The normalized spacial score (nSPS) is 18.7. The van der Waals surface area contributed by atoms with Gasteiger partial charge in [0.2, 0.25) is 15.9 Å². The number of amides is 1. The van der Waals surface area contributed by atoms with E-state index in [1.807, 2.05) is 45.9 Å². The summed E-state index contributed by atoms with van der Waals surface area (Å²) in [5, 5.41) is 0. The molecule has 1 saturated heterocycles. The van der Waals surface area contributed by atoms with Gasteiger partial charge in [0, 0.05) is 0 Å². The highest BCUT2D eigenvalue weighted by Crippen LogP contribution is 2.34. The average Bonchev–Trinajstić information content (AvgIpc) is 2.88. The Kier molecular flexibility index (Phi) is 6.21. The van der Waals surface area contributed by atoms with Gasteiger partial charge in [-0.15, -0.1) is 0 Å². The lowest BCUT2D eigenvalue weighted by atomic mass is 9.93. The number of nitrogens with one attached hydrogen (secondary N) is 1. The Labute approximate surface area is 184 Å². The van der Waals surface area contributed by atoms with Crippen molar-refractivity contribution in [2.75, 3.05) is 14.8 Å². The summed E-state index contributed by atoms with van der Waals surface area (Å²) >= 11 is 0. The first-order valence-corrected chi connectivity index (χ1v) is 13.3. The van der Waals surface area contributed by atoms with E-state index in [0.29, 0.717) is 5.69 Å². The van der Waals surface area contributed by atoms with Gasteiger partial charge in [-0.3, -0.25) is 9.52 Å². The molecule has 2 aromatic carbocycles. The van der Waals surface area contributed by atoms with E-state index < -0.39 is 31.9 Å². The van der Waals surface area contributed by atoms with Gasteiger partial charge in [-0.05, 0) is 47.2 Å². The minimum absolute atomic E-state index is 0.0124. The molecular formula is C22H28N2O5S2. The lowest BCUT2D eigenvalue weighted by molar-refractivity contribution is -0.119. The smallest absolute Gasteiger partial charge is 0.261 e. The Morgan fingerprint density at radius 2 is 1.48 bits per heavy atom. The standard InChI is InChI=1S/C22H28N2O5S2/c1-14(2)19-7-6-8-20(15(3)4)21(19)23-31(28,29)18-11-9-17(10-12-18)24-22(25)16(5)13-30(24,26)27/h6-12,14-16,23H,13H2,1-5H3. The molecule has 31 heavy (non-hydrogen) atoms. The fraction of sp³-hybridized carbons (Fsp3) is 0.409. The molecule has 1 atom stereocenters. The average molecular weight is 465 g/mol. The molecule has 1 fully saturated rings. The van der Waals surface area contributed by atoms with Gasteiger partial charge in [0.15, 0.2) is 0 Å². The largest absolute Gasteiger partial charge is 0.279 e. The number of rotatable bonds is 6. The number of carbonyl (C=O) groups is 1. The van der Waals surface area contributed by atoms with Crippen molar-refractivity contribution in [1.82, 2.24) is 0 Å². The number of para-hydroxylation sites is 1. The lowest BCUT2D eigenvalue weighted by Gasteiger charge is -2.21. The van der Waals surface area contributed by atoms with Crippen molar-refractivity contribution in [2.45, 2.75) is 51.3 Å². The molecule has 0 aromatic heterocycles. The van der Waals surface area contributed by atoms with E-state index in [9.17, 15) is 21.6 Å². The molecule has 1 amide bonds. The first-order chi connectivity index (χ1) is 14.3. The Morgan fingerprint density at radius 3 is 1.90 bits per heavy atom.